The molecule has 188 valence electrons. The van der Waals surface area contributed by atoms with E-state index in [2.05, 4.69) is 17.2 Å². The number of aromatic nitrogens is 1. The van der Waals surface area contributed by atoms with Gasteiger partial charge < -0.3 is 19.5 Å². The van der Waals surface area contributed by atoms with Crippen molar-refractivity contribution in [3.05, 3.63) is 59.9 Å². The van der Waals surface area contributed by atoms with Crippen molar-refractivity contribution in [3.63, 3.8) is 0 Å². The summed E-state index contributed by atoms with van der Waals surface area (Å²) in [6, 6.07) is 11.0. The van der Waals surface area contributed by atoms with Crippen LogP contribution >= 0.6 is 0 Å². The zero-order valence-corrected chi connectivity index (χ0v) is 20.7. The lowest BCUT2D eigenvalue weighted by Gasteiger charge is -2.31. The molecule has 1 aliphatic rings. The molecule has 1 N–H and O–H groups in total. The first-order valence-corrected chi connectivity index (χ1v) is 12.7. The van der Waals surface area contributed by atoms with Crippen LogP contribution < -0.4 is 5.32 Å². The van der Waals surface area contributed by atoms with Crippen LogP contribution in [0.2, 0.25) is 0 Å². The quantitative estimate of drug-likeness (QED) is 0.292. The Morgan fingerprint density at radius 1 is 1.09 bits per heavy atom. The van der Waals surface area contributed by atoms with Crippen LogP contribution in [0.25, 0.3) is 5.76 Å². The Kier molecular flexibility index (Phi) is 8.69. The Labute approximate surface area is 204 Å². The van der Waals surface area contributed by atoms with Crippen LogP contribution in [0.15, 0.2) is 59.3 Å². The van der Waals surface area contributed by atoms with Crippen molar-refractivity contribution < 1.29 is 32.2 Å². The molecular formula is C24H29N3O7S. The van der Waals surface area contributed by atoms with E-state index >= 15 is 0 Å². The number of unbranched alkanes of at least 4 members (excludes halogenated alkanes) is 3. The summed E-state index contributed by atoms with van der Waals surface area (Å²) in [4.78, 5) is 29.3. The molecule has 0 bridgehead atoms. The molecule has 1 aromatic carbocycles. The van der Waals surface area contributed by atoms with E-state index in [1.165, 1.54) is 32.3 Å². The van der Waals surface area contributed by atoms with Crippen molar-refractivity contribution in [1.29, 1.82) is 0 Å². The number of sulfonamides is 1. The van der Waals surface area contributed by atoms with Gasteiger partial charge in [0.25, 0.3) is 15.9 Å². The number of carbonyl (C=O) groups is 2. The average molecular weight is 504 g/mol. The van der Waals surface area contributed by atoms with Gasteiger partial charge in [0.2, 0.25) is 6.29 Å². The number of rotatable bonds is 10. The van der Waals surface area contributed by atoms with Crippen molar-refractivity contribution >= 4 is 33.7 Å². The van der Waals surface area contributed by atoms with Crippen molar-refractivity contribution in [2.75, 3.05) is 19.0 Å². The predicted octanol–water partition coefficient (Wildman–Crippen LogP) is 4.12. The molecule has 2 aromatic rings. The monoisotopic (exact) mass is 503 g/mol. The maximum Gasteiger partial charge on any atom is 0.511 e. The Morgan fingerprint density at radius 2 is 1.83 bits per heavy atom. The largest absolute Gasteiger partial charge is 0.511 e. The second-order valence-corrected chi connectivity index (χ2v) is 9.72. The first kappa shape index (κ1) is 26.0. The lowest BCUT2D eigenvalue weighted by Crippen LogP contribution is -2.38. The number of ether oxygens (including phenoxy) is 3. The summed E-state index contributed by atoms with van der Waals surface area (Å²) >= 11 is 0. The summed E-state index contributed by atoms with van der Waals surface area (Å²) in [6.07, 6.45) is 3.17. The number of benzene rings is 1. The number of carbonyl (C=O) groups excluding carboxylic acids is 2. The van der Waals surface area contributed by atoms with Gasteiger partial charge in [-0.15, -0.1) is 0 Å². The minimum atomic E-state index is -4.04. The lowest BCUT2D eigenvalue weighted by molar-refractivity contribution is -0.114. The highest BCUT2D eigenvalue weighted by molar-refractivity contribution is 7.89. The Morgan fingerprint density at radius 3 is 2.54 bits per heavy atom. The summed E-state index contributed by atoms with van der Waals surface area (Å²) in [5, 5.41) is 2.57. The molecule has 3 rings (SSSR count). The third kappa shape index (κ3) is 6.30. The number of hydrogen-bond donors (Lipinski definition) is 1. The maximum atomic E-state index is 13.2. The summed E-state index contributed by atoms with van der Waals surface area (Å²) in [7, 11) is -2.79. The Balaban J connectivity index is 1.86. The normalized spacial score (nSPS) is 15.1. The minimum Gasteiger partial charge on any atom is -0.452 e. The zero-order valence-electron chi connectivity index (χ0n) is 19.9. The van der Waals surface area contributed by atoms with E-state index in [9.17, 15) is 18.0 Å². The second kappa shape index (κ2) is 11.7. The van der Waals surface area contributed by atoms with Gasteiger partial charge in [0, 0.05) is 25.7 Å². The molecule has 0 fully saturated rings. The number of nitrogens with one attached hydrogen (secondary N) is 1. The van der Waals surface area contributed by atoms with Crippen molar-refractivity contribution in [1.82, 2.24) is 9.29 Å². The van der Waals surface area contributed by atoms with Gasteiger partial charge in [-0.25, -0.2) is 18.2 Å². The van der Waals surface area contributed by atoms with Crippen LogP contribution in [0.1, 0.15) is 45.1 Å². The Bertz CT molecular complexity index is 1180. The van der Waals surface area contributed by atoms with Gasteiger partial charge in [-0.1, -0.05) is 44.4 Å². The number of pyridine rings is 1. The molecule has 11 heteroatoms. The average Bonchev–Trinajstić information content (AvgIpc) is 2.83. The fourth-order valence-corrected chi connectivity index (χ4v) is 4.83. The number of hydrogen-bond acceptors (Lipinski definition) is 8. The number of likely N-dealkylation sites (N-methyl/N-ethyl adjacent to an activating group) is 1. The molecule has 0 spiro atoms. The second-order valence-electron chi connectivity index (χ2n) is 7.78. The molecule has 0 saturated carbocycles. The van der Waals surface area contributed by atoms with E-state index in [0.717, 1.165) is 30.0 Å². The maximum absolute atomic E-state index is 13.2. The van der Waals surface area contributed by atoms with Crippen LogP contribution in [0.5, 0.6) is 0 Å². The predicted molar refractivity (Wildman–Crippen MR) is 128 cm³/mol. The van der Waals surface area contributed by atoms with E-state index < -0.39 is 28.4 Å². The zero-order chi connectivity index (χ0) is 25.4. The van der Waals surface area contributed by atoms with Gasteiger partial charge in [0.15, 0.2) is 11.5 Å². The van der Waals surface area contributed by atoms with Gasteiger partial charge >= 0.3 is 6.16 Å². The van der Waals surface area contributed by atoms with E-state index in [-0.39, 0.29) is 34.3 Å². The molecule has 0 aliphatic carbocycles. The SMILES string of the molecule is CCCCCCOC(=O)OC(C)OC1=C(C(=O)Nc2ccccn2)N(C)S(=O)(=O)c2ccccc21. The Hall–Kier alpha value is -3.60. The van der Waals surface area contributed by atoms with E-state index in [1.54, 1.807) is 30.3 Å². The molecule has 1 unspecified atom stereocenters. The number of anilines is 1. The van der Waals surface area contributed by atoms with Gasteiger partial charge in [-0.3, -0.25) is 9.10 Å². The molecular weight excluding hydrogens is 474 g/mol. The van der Waals surface area contributed by atoms with Crippen LogP contribution in [0.4, 0.5) is 10.6 Å². The van der Waals surface area contributed by atoms with E-state index in [0.29, 0.717) is 0 Å². The van der Waals surface area contributed by atoms with Crippen molar-refractivity contribution in [2.24, 2.45) is 0 Å². The van der Waals surface area contributed by atoms with Gasteiger partial charge in [-0.2, -0.15) is 0 Å². The van der Waals surface area contributed by atoms with Gasteiger partial charge in [0.1, 0.15) is 5.82 Å². The molecule has 1 aliphatic heterocycles. The summed E-state index contributed by atoms with van der Waals surface area (Å²) in [5.74, 6) is -0.593. The van der Waals surface area contributed by atoms with Crippen LogP contribution in [0, 0.1) is 0 Å². The highest BCUT2D eigenvalue weighted by Crippen LogP contribution is 2.37. The molecule has 10 nitrogen and oxygen atoms in total. The highest BCUT2D eigenvalue weighted by Gasteiger charge is 2.39. The topological polar surface area (TPSA) is 124 Å². The molecule has 0 radical (unpaired) electrons. The molecule has 1 atom stereocenters. The summed E-state index contributed by atoms with van der Waals surface area (Å²) < 4.78 is 43.1. The first-order valence-electron chi connectivity index (χ1n) is 11.3. The highest BCUT2D eigenvalue weighted by atomic mass is 32.2. The minimum absolute atomic E-state index is 0.0439. The third-order valence-corrected chi connectivity index (χ3v) is 7.00. The number of amides is 1. The molecule has 1 aromatic heterocycles. The van der Waals surface area contributed by atoms with E-state index in [4.69, 9.17) is 14.2 Å². The molecule has 2 heterocycles. The molecule has 0 saturated heterocycles. The van der Waals surface area contributed by atoms with E-state index in [1.807, 2.05) is 0 Å². The van der Waals surface area contributed by atoms with Crippen LogP contribution in [-0.4, -0.2) is 49.7 Å². The van der Waals surface area contributed by atoms with Gasteiger partial charge in [0.05, 0.1) is 11.5 Å². The fourth-order valence-electron chi connectivity index (χ4n) is 3.44. The van der Waals surface area contributed by atoms with Crippen LogP contribution in [-0.2, 0) is 29.0 Å². The van der Waals surface area contributed by atoms with Crippen molar-refractivity contribution in [2.45, 2.75) is 50.7 Å². The van der Waals surface area contributed by atoms with Crippen molar-refractivity contribution in [3.8, 4) is 0 Å². The third-order valence-electron chi connectivity index (χ3n) is 5.19. The fraction of sp³-hybridized carbons (Fsp3) is 0.375. The number of fused-ring (bicyclic) bond motifs is 1. The van der Waals surface area contributed by atoms with Crippen LogP contribution in [0.3, 0.4) is 0 Å². The molecule has 35 heavy (non-hydrogen) atoms. The summed E-state index contributed by atoms with van der Waals surface area (Å²) in [6.45, 7) is 3.75. The lowest BCUT2D eigenvalue weighted by atomic mass is 10.1. The molecule has 1 amide bonds. The smallest absolute Gasteiger partial charge is 0.452 e. The standard InChI is InChI=1S/C24H29N3O7S/c1-4-5-6-11-16-32-24(29)34-17(2)33-22-18-12-7-8-13-19(18)35(30,31)27(3)21(22)23(28)26-20-14-9-10-15-25-20/h7-10,12-15,17H,4-6,11,16H2,1-3H3,(H,25,26,28). The summed E-state index contributed by atoms with van der Waals surface area (Å²) in [5.41, 5.74) is -0.113. The van der Waals surface area contributed by atoms with Gasteiger partial charge in [-0.05, 0) is 30.7 Å². The number of nitrogens with zero attached hydrogens (tertiary/aromatic N) is 2. The first-order chi connectivity index (χ1) is 16.8.